The first-order chi connectivity index (χ1) is 14.4. The summed E-state index contributed by atoms with van der Waals surface area (Å²) in [6.07, 6.45) is 10.4. The Hall–Kier alpha value is -0.700. The van der Waals surface area contributed by atoms with Crippen molar-refractivity contribution in [3.8, 4) is 0 Å². The Kier molecular flexibility index (Phi) is 7.42. The van der Waals surface area contributed by atoms with Crippen molar-refractivity contribution in [1.82, 2.24) is 6.15 Å². The Morgan fingerprint density at radius 3 is 2.34 bits per heavy atom. The number of carboxylic acids is 1. The molecule has 0 saturated heterocycles. The molecule has 9 atom stereocenters. The van der Waals surface area contributed by atoms with E-state index in [4.69, 9.17) is 13.8 Å². The second-order valence-electron chi connectivity index (χ2n) is 11.7. The molecule has 4 aliphatic rings. The first-order valence-electron chi connectivity index (χ1n) is 12.3. The summed E-state index contributed by atoms with van der Waals surface area (Å²) in [5.41, 5.74) is 0.559. The zero-order valence-electron chi connectivity index (χ0n) is 20.0. The van der Waals surface area contributed by atoms with Crippen molar-refractivity contribution >= 4 is 16.4 Å². The summed E-state index contributed by atoms with van der Waals surface area (Å²) in [4.78, 5) is 11.1. The van der Waals surface area contributed by atoms with Gasteiger partial charge in [-0.05, 0) is 111 Å². The number of aliphatic carboxylic acids is 1. The van der Waals surface area contributed by atoms with Crippen LogP contribution in [0.3, 0.4) is 0 Å². The van der Waals surface area contributed by atoms with E-state index in [1.54, 1.807) is 0 Å². The lowest BCUT2D eigenvalue weighted by Gasteiger charge is -2.61. The minimum Gasteiger partial charge on any atom is -0.481 e. The Labute approximate surface area is 193 Å². The minimum absolute atomic E-state index is 0. The Bertz CT molecular complexity index is 802. The average Bonchev–Trinajstić information content (AvgIpc) is 3.02. The molecule has 186 valence electrons. The molecule has 7 nitrogen and oxygen atoms in total. The highest BCUT2D eigenvalue weighted by atomic mass is 32.3. The van der Waals surface area contributed by atoms with Crippen LogP contribution in [-0.4, -0.2) is 30.2 Å². The van der Waals surface area contributed by atoms with Crippen LogP contribution in [0.2, 0.25) is 0 Å². The van der Waals surface area contributed by atoms with Crippen LogP contribution < -0.4 is 6.15 Å². The fourth-order valence-electron chi connectivity index (χ4n) is 9.01. The number of hydrogen-bond donors (Lipinski definition) is 3. The Balaban J connectivity index is 0.00000289. The molecule has 5 N–H and O–H groups in total. The van der Waals surface area contributed by atoms with Crippen molar-refractivity contribution in [3.05, 3.63) is 0 Å². The molecule has 4 aliphatic carbocycles. The van der Waals surface area contributed by atoms with Crippen molar-refractivity contribution in [2.75, 3.05) is 0 Å². The molecule has 0 aliphatic heterocycles. The number of carbonyl (C=O) groups is 1. The second-order valence-corrected chi connectivity index (χ2v) is 12.8. The zero-order chi connectivity index (χ0) is 22.6. The molecular formula is C24H43NO6S. The van der Waals surface area contributed by atoms with Crippen molar-refractivity contribution in [2.45, 2.75) is 97.5 Å². The maximum Gasteiger partial charge on any atom is 0.397 e. The molecule has 0 radical (unpaired) electrons. The van der Waals surface area contributed by atoms with Crippen LogP contribution in [0.1, 0.15) is 91.4 Å². The SMILES string of the molecule is C[C@H](CCC(=O)O)[C@H]1CC[C@H]2[C@@H]3CC[C@@H]4C[C@H](OS(=O)(=O)O)CC[C@]4(C)[C@H]3CC[C@]12C.N. The average molecular weight is 474 g/mol. The Morgan fingerprint density at radius 1 is 1.03 bits per heavy atom. The maximum atomic E-state index is 11.2. The number of rotatable bonds is 6. The van der Waals surface area contributed by atoms with Gasteiger partial charge in [0.25, 0.3) is 0 Å². The van der Waals surface area contributed by atoms with Crippen molar-refractivity contribution in [3.63, 3.8) is 0 Å². The van der Waals surface area contributed by atoms with Gasteiger partial charge in [0, 0.05) is 6.42 Å². The molecule has 4 saturated carbocycles. The largest absolute Gasteiger partial charge is 0.481 e. The minimum atomic E-state index is -4.39. The molecule has 0 amide bonds. The number of fused-ring (bicyclic) bond motifs is 5. The highest BCUT2D eigenvalue weighted by Crippen LogP contribution is 2.68. The van der Waals surface area contributed by atoms with E-state index in [0.717, 1.165) is 37.5 Å². The third-order valence-corrected chi connectivity index (χ3v) is 11.0. The van der Waals surface area contributed by atoms with Gasteiger partial charge < -0.3 is 11.3 Å². The first kappa shape index (κ1) is 25.9. The van der Waals surface area contributed by atoms with Gasteiger partial charge in [-0.2, -0.15) is 8.42 Å². The number of hydrogen-bond acceptors (Lipinski definition) is 5. The lowest BCUT2D eigenvalue weighted by atomic mass is 9.44. The molecule has 0 spiro atoms. The molecule has 4 rings (SSSR count). The summed E-state index contributed by atoms with van der Waals surface area (Å²) in [6.45, 7) is 7.19. The van der Waals surface area contributed by atoms with Gasteiger partial charge in [0.15, 0.2) is 0 Å². The first-order valence-corrected chi connectivity index (χ1v) is 13.7. The van der Waals surface area contributed by atoms with Crippen LogP contribution in [0, 0.1) is 46.3 Å². The number of carboxylic acid groups (broad SMARTS) is 1. The van der Waals surface area contributed by atoms with Crippen molar-refractivity contribution in [2.24, 2.45) is 46.3 Å². The summed E-state index contributed by atoms with van der Waals surface area (Å²) in [5, 5.41) is 9.12. The van der Waals surface area contributed by atoms with E-state index < -0.39 is 16.4 Å². The highest BCUT2D eigenvalue weighted by molar-refractivity contribution is 7.80. The molecule has 0 aromatic carbocycles. The van der Waals surface area contributed by atoms with E-state index in [9.17, 15) is 13.2 Å². The summed E-state index contributed by atoms with van der Waals surface area (Å²) < 4.78 is 36.5. The summed E-state index contributed by atoms with van der Waals surface area (Å²) in [7, 11) is -4.39. The molecule has 0 aromatic rings. The lowest BCUT2D eigenvalue weighted by molar-refractivity contribution is -0.138. The van der Waals surface area contributed by atoms with E-state index in [1.165, 1.54) is 32.1 Å². The van der Waals surface area contributed by atoms with Gasteiger partial charge in [-0.15, -0.1) is 0 Å². The van der Waals surface area contributed by atoms with Crippen molar-refractivity contribution in [1.29, 1.82) is 0 Å². The van der Waals surface area contributed by atoms with Gasteiger partial charge in [-0.25, -0.2) is 4.18 Å². The monoisotopic (exact) mass is 473 g/mol. The van der Waals surface area contributed by atoms with Crippen LogP contribution in [0.25, 0.3) is 0 Å². The highest BCUT2D eigenvalue weighted by Gasteiger charge is 2.60. The fraction of sp³-hybridized carbons (Fsp3) is 0.958. The lowest BCUT2D eigenvalue weighted by Crippen LogP contribution is -2.54. The van der Waals surface area contributed by atoms with E-state index >= 15 is 0 Å². The van der Waals surface area contributed by atoms with Gasteiger partial charge in [0.2, 0.25) is 0 Å². The molecule has 8 heteroatoms. The van der Waals surface area contributed by atoms with E-state index in [-0.39, 0.29) is 24.1 Å². The summed E-state index contributed by atoms with van der Waals surface area (Å²) >= 11 is 0. The van der Waals surface area contributed by atoms with Gasteiger partial charge >= 0.3 is 16.4 Å². The second kappa shape index (κ2) is 9.16. The van der Waals surface area contributed by atoms with E-state index in [0.29, 0.717) is 35.5 Å². The third kappa shape index (κ3) is 4.62. The van der Waals surface area contributed by atoms with Crippen LogP contribution >= 0.6 is 0 Å². The molecular weight excluding hydrogens is 430 g/mol. The maximum absolute atomic E-state index is 11.2. The zero-order valence-corrected chi connectivity index (χ0v) is 20.8. The van der Waals surface area contributed by atoms with Crippen LogP contribution in [0.4, 0.5) is 0 Å². The van der Waals surface area contributed by atoms with E-state index in [2.05, 4.69) is 20.8 Å². The smallest absolute Gasteiger partial charge is 0.397 e. The quantitative estimate of drug-likeness (QED) is 0.433. The summed E-state index contributed by atoms with van der Waals surface area (Å²) in [5.74, 6) is 3.01. The van der Waals surface area contributed by atoms with Crippen molar-refractivity contribution < 1.29 is 27.1 Å². The third-order valence-electron chi connectivity index (χ3n) is 10.4. The molecule has 4 fully saturated rings. The van der Waals surface area contributed by atoms with Crippen LogP contribution in [0.5, 0.6) is 0 Å². The predicted molar refractivity (Wildman–Crippen MR) is 123 cm³/mol. The molecule has 0 heterocycles. The summed E-state index contributed by atoms with van der Waals surface area (Å²) in [6, 6.07) is 0. The van der Waals surface area contributed by atoms with Crippen LogP contribution in [0.15, 0.2) is 0 Å². The fourth-order valence-corrected chi connectivity index (χ4v) is 9.52. The topological polar surface area (TPSA) is 136 Å². The van der Waals surface area contributed by atoms with Gasteiger partial charge in [-0.3, -0.25) is 9.35 Å². The molecule has 0 aromatic heterocycles. The van der Waals surface area contributed by atoms with Gasteiger partial charge in [0.05, 0.1) is 6.10 Å². The molecule has 0 unspecified atom stereocenters. The molecule has 0 bridgehead atoms. The van der Waals surface area contributed by atoms with E-state index in [1.807, 2.05) is 0 Å². The predicted octanol–water partition coefficient (Wildman–Crippen LogP) is 5.50. The van der Waals surface area contributed by atoms with Gasteiger partial charge in [-0.1, -0.05) is 20.8 Å². The Morgan fingerprint density at radius 2 is 1.69 bits per heavy atom. The standard InChI is InChI=1S/C24H40O6S.H3N/c1-15(4-9-22(25)26)19-7-8-20-18-6-5-16-14-17(30-31(27,28)29)10-12-23(16,2)21(18)11-13-24(19,20)3;/h15-21H,4-14H2,1-3H3,(H,25,26)(H,27,28,29);1H3/t15-,16-,17-,18+,19-,20+,21+,23+,24-;/m1./s1. The normalized spacial score (nSPS) is 44.5. The van der Waals surface area contributed by atoms with Crippen LogP contribution in [-0.2, 0) is 19.4 Å². The van der Waals surface area contributed by atoms with Gasteiger partial charge in [0.1, 0.15) is 0 Å². The molecule has 32 heavy (non-hydrogen) atoms.